The predicted octanol–water partition coefficient (Wildman–Crippen LogP) is 3.73. The number of nitrogens with one attached hydrogen (secondary N) is 1. The van der Waals surface area contributed by atoms with E-state index in [9.17, 15) is 9.59 Å². The van der Waals surface area contributed by atoms with E-state index < -0.39 is 5.91 Å². The Morgan fingerprint density at radius 2 is 1.96 bits per heavy atom. The van der Waals surface area contributed by atoms with Gasteiger partial charge in [0.15, 0.2) is 5.82 Å². The van der Waals surface area contributed by atoms with Crippen LogP contribution in [-0.2, 0) is 17.6 Å². The molecule has 146 valence electrons. The van der Waals surface area contributed by atoms with E-state index in [0.29, 0.717) is 28.7 Å². The number of amides is 2. The van der Waals surface area contributed by atoms with Crippen LogP contribution in [0, 0.1) is 6.92 Å². The van der Waals surface area contributed by atoms with E-state index in [0.717, 1.165) is 28.8 Å². The van der Waals surface area contributed by atoms with Crippen molar-refractivity contribution in [2.45, 2.75) is 39.5 Å². The molecule has 0 atom stereocenters. The molecule has 0 aliphatic carbocycles. The number of primary amides is 1. The van der Waals surface area contributed by atoms with Gasteiger partial charge in [0.25, 0.3) is 5.91 Å². The van der Waals surface area contributed by atoms with Crippen molar-refractivity contribution < 1.29 is 14.1 Å². The fourth-order valence-corrected chi connectivity index (χ4v) is 4.04. The number of rotatable bonds is 8. The summed E-state index contributed by atoms with van der Waals surface area (Å²) in [4.78, 5) is 29.7. The molecule has 0 fully saturated rings. The molecule has 1 aromatic carbocycles. The Morgan fingerprint density at radius 1 is 1.21 bits per heavy atom. The molecule has 0 aliphatic rings. The molecule has 3 aromatic rings. The third-order valence-corrected chi connectivity index (χ3v) is 5.22. The van der Waals surface area contributed by atoms with E-state index in [2.05, 4.69) is 15.5 Å². The average molecular weight is 398 g/mol. The van der Waals surface area contributed by atoms with Crippen LogP contribution >= 0.6 is 11.3 Å². The van der Waals surface area contributed by atoms with Crippen LogP contribution in [0.4, 0.5) is 5.00 Å². The number of anilines is 1. The van der Waals surface area contributed by atoms with Gasteiger partial charge in [-0.15, -0.1) is 11.3 Å². The lowest BCUT2D eigenvalue weighted by molar-refractivity contribution is -0.116. The highest BCUT2D eigenvalue weighted by atomic mass is 32.1. The van der Waals surface area contributed by atoms with Crippen molar-refractivity contribution in [1.29, 1.82) is 0 Å². The molecule has 8 heteroatoms. The second-order valence-electron chi connectivity index (χ2n) is 6.37. The van der Waals surface area contributed by atoms with Gasteiger partial charge in [-0.3, -0.25) is 9.59 Å². The highest BCUT2D eigenvalue weighted by molar-refractivity contribution is 7.17. The molecule has 2 heterocycles. The highest BCUT2D eigenvalue weighted by Gasteiger charge is 2.22. The topological polar surface area (TPSA) is 111 Å². The maximum atomic E-state index is 12.4. The Labute approximate surface area is 167 Å². The molecule has 0 saturated carbocycles. The van der Waals surface area contributed by atoms with Crippen molar-refractivity contribution in [3.05, 3.63) is 52.5 Å². The van der Waals surface area contributed by atoms with E-state index >= 15 is 0 Å². The summed E-state index contributed by atoms with van der Waals surface area (Å²) in [7, 11) is 0. The fraction of sp³-hybridized carbons (Fsp3) is 0.300. The van der Waals surface area contributed by atoms with Gasteiger partial charge in [0.1, 0.15) is 5.00 Å². The number of aryl methyl sites for hydroxylation is 3. The number of nitrogens with two attached hydrogens (primary N) is 1. The van der Waals surface area contributed by atoms with Gasteiger partial charge in [-0.1, -0.05) is 42.4 Å². The van der Waals surface area contributed by atoms with Crippen molar-refractivity contribution in [2.24, 2.45) is 5.73 Å². The van der Waals surface area contributed by atoms with Crippen molar-refractivity contribution in [2.75, 3.05) is 5.32 Å². The molecule has 7 nitrogen and oxygen atoms in total. The molecule has 0 spiro atoms. The van der Waals surface area contributed by atoms with Crippen molar-refractivity contribution in [3.8, 4) is 11.1 Å². The standard InChI is InChI=1S/C20H22N4O3S/c1-3-7-14-22-16(27-24-14)11-10-15(25)23-20-18(19(21)26)17(12(2)28-20)13-8-5-4-6-9-13/h4-6,8-9H,3,7,10-11H2,1-2H3,(H2,21,26)(H,23,25). The van der Waals surface area contributed by atoms with Gasteiger partial charge in [-0.25, -0.2) is 0 Å². The number of carbonyl (C=O) groups is 2. The van der Waals surface area contributed by atoms with Crippen LogP contribution < -0.4 is 11.1 Å². The number of carbonyl (C=O) groups excluding carboxylic acids is 2. The molecule has 0 bridgehead atoms. The normalized spacial score (nSPS) is 10.8. The Hall–Kier alpha value is -3.00. The molecule has 2 amide bonds. The van der Waals surface area contributed by atoms with Crippen LogP contribution in [0.15, 0.2) is 34.9 Å². The van der Waals surface area contributed by atoms with Gasteiger partial charge in [0, 0.05) is 29.7 Å². The first-order valence-electron chi connectivity index (χ1n) is 9.09. The summed E-state index contributed by atoms with van der Waals surface area (Å²) in [6, 6.07) is 9.52. The first-order chi connectivity index (χ1) is 13.5. The van der Waals surface area contributed by atoms with Gasteiger partial charge < -0.3 is 15.6 Å². The Balaban J connectivity index is 1.74. The van der Waals surface area contributed by atoms with Crippen LogP contribution in [-0.4, -0.2) is 22.0 Å². The fourth-order valence-electron chi connectivity index (χ4n) is 2.95. The van der Waals surface area contributed by atoms with Crippen LogP contribution in [0.25, 0.3) is 11.1 Å². The quantitative estimate of drug-likeness (QED) is 0.600. The van der Waals surface area contributed by atoms with Crippen molar-refractivity contribution in [3.63, 3.8) is 0 Å². The number of thiophene rings is 1. The molecule has 28 heavy (non-hydrogen) atoms. The number of hydrogen-bond acceptors (Lipinski definition) is 6. The Kier molecular flexibility index (Phi) is 6.20. The van der Waals surface area contributed by atoms with Crippen molar-refractivity contribution >= 4 is 28.2 Å². The van der Waals surface area contributed by atoms with Crippen LogP contribution in [0.2, 0.25) is 0 Å². The summed E-state index contributed by atoms with van der Waals surface area (Å²) < 4.78 is 5.15. The molecule has 0 unspecified atom stereocenters. The molecule has 3 rings (SSSR count). The van der Waals surface area contributed by atoms with Crippen molar-refractivity contribution in [1.82, 2.24) is 10.1 Å². The molecule has 0 saturated heterocycles. The maximum Gasteiger partial charge on any atom is 0.252 e. The second kappa shape index (κ2) is 8.79. The van der Waals surface area contributed by atoms with E-state index in [4.69, 9.17) is 10.3 Å². The third-order valence-electron chi connectivity index (χ3n) is 4.20. The third kappa shape index (κ3) is 4.45. The zero-order chi connectivity index (χ0) is 20.1. The number of aromatic nitrogens is 2. The van der Waals surface area contributed by atoms with E-state index in [-0.39, 0.29) is 12.3 Å². The van der Waals surface area contributed by atoms with Crippen LogP contribution in [0.3, 0.4) is 0 Å². The number of benzene rings is 1. The van der Waals surface area contributed by atoms with Gasteiger partial charge in [-0.05, 0) is 18.9 Å². The monoisotopic (exact) mass is 398 g/mol. The summed E-state index contributed by atoms with van der Waals surface area (Å²) in [5.74, 6) is 0.273. The molecule has 3 N–H and O–H groups in total. The lowest BCUT2D eigenvalue weighted by atomic mass is 10.0. The number of hydrogen-bond donors (Lipinski definition) is 2. The lowest BCUT2D eigenvalue weighted by Gasteiger charge is -2.06. The zero-order valence-corrected chi connectivity index (χ0v) is 16.6. The SMILES string of the molecule is CCCc1noc(CCC(=O)Nc2sc(C)c(-c3ccccc3)c2C(N)=O)n1. The highest BCUT2D eigenvalue weighted by Crippen LogP contribution is 2.39. The summed E-state index contributed by atoms with van der Waals surface area (Å²) in [5.41, 5.74) is 7.61. The number of nitrogens with zero attached hydrogens (tertiary/aromatic N) is 2. The minimum Gasteiger partial charge on any atom is -0.365 e. The lowest BCUT2D eigenvalue weighted by Crippen LogP contribution is -2.17. The predicted molar refractivity (Wildman–Crippen MR) is 108 cm³/mol. The molecule has 2 aromatic heterocycles. The molecular weight excluding hydrogens is 376 g/mol. The smallest absolute Gasteiger partial charge is 0.252 e. The second-order valence-corrected chi connectivity index (χ2v) is 7.59. The first kappa shape index (κ1) is 19.8. The Bertz CT molecular complexity index is 979. The molecule has 0 aliphatic heterocycles. The Morgan fingerprint density at radius 3 is 2.64 bits per heavy atom. The first-order valence-corrected chi connectivity index (χ1v) is 9.91. The van der Waals surface area contributed by atoms with E-state index in [1.165, 1.54) is 11.3 Å². The summed E-state index contributed by atoms with van der Waals surface area (Å²) in [6.45, 7) is 3.94. The molecule has 0 radical (unpaired) electrons. The van der Waals surface area contributed by atoms with Gasteiger partial charge in [0.2, 0.25) is 11.8 Å². The summed E-state index contributed by atoms with van der Waals surface area (Å²) >= 11 is 1.34. The molecular formula is C20H22N4O3S. The van der Waals surface area contributed by atoms with Crippen LogP contribution in [0.1, 0.15) is 46.7 Å². The van der Waals surface area contributed by atoms with Gasteiger partial charge >= 0.3 is 0 Å². The summed E-state index contributed by atoms with van der Waals surface area (Å²) in [5, 5.41) is 7.15. The van der Waals surface area contributed by atoms with E-state index in [1.54, 1.807) is 0 Å². The minimum absolute atomic E-state index is 0.170. The van der Waals surface area contributed by atoms with E-state index in [1.807, 2.05) is 44.2 Å². The average Bonchev–Trinajstić information content (AvgIpc) is 3.25. The summed E-state index contributed by atoms with van der Waals surface area (Å²) in [6.07, 6.45) is 2.18. The van der Waals surface area contributed by atoms with Crippen LogP contribution in [0.5, 0.6) is 0 Å². The zero-order valence-electron chi connectivity index (χ0n) is 15.8. The van der Waals surface area contributed by atoms with Gasteiger partial charge in [-0.2, -0.15) is 4.98 Å². The minimum atomic E-state index is -0.570. The van der Waals surface area contributed by atoms with Gasteiger partial charge in [0.05, 0.1) is 5.56 Å². The maximum absolute atomic E-state index is 12.4. The largest absolute Gasteiger partial charge is 0.365 e.